The van der Waals surface area contributed by atoms with Crippen molar-refractivity contribution < 1.29 is 10.0 Å². The van der Waals surface area contributed by atoms with Gasteiger partial charge in [0, 0.05) is 10.0 Å². The zero-order chi connectivity index (χ0) is 14.5. The van der Waals surface area contributed by atoms with Gasteiger partial charge in [-0.3, -0.25) is 4.79 Å². The predicted molar refractivity (Wildman–Crippen MR) is 78.3 cm³/mol. The van der Waals surface area contributed by atoms with Crippen LogP contribution >= 0.6 is 15.9 Å². The Balaban J connectivity index is 3.01. The van der Waals surface area contributed by atoms with Crippen molar-refractivity contribution in [1.82, 2.24) is 5.32 Å². The molecule has 0 fully saturated rings. The zero-order valence-electron chi connectivity index (χ0n) is 11.0. The maximum Gasteiger partial charge on any atom is 0.252 e. The molecule has 0 aliphatic rings. The van der Waals surface area contributed by atoms with Gasteiger partial charge in [-0.2, -0.15) is 0 Å². The van der Waals surface area contributed by atoms with E-state index in [0.29, 0.717) is 18.4 Å². The van der Waals surface area contributed by atoms with Crippen LogP contribution in [0.15, 0.2) is 33.9 Å². The summed E-state index contributed by atoms with van der Waals surface area (Å²) >= 11 is 3.32. The van der Waals surface area contributed by atoms with Crippen molar-refractivity contribution in [3.8, 4) is 0 Å². The largest absolute Gasteiger partial charge is 0.409 e. The zero-order valence-corrected chi connectivity index (χ0v) is 12.6. The lowest BCUT2D eigenvalue weighted by Gasteiger charge is -2.31. The number of amides is 1. The van der Waals surface area contributed by atoms with E-state index in [1.54, 1.807) is 18.2 Å². The van der Waals surface area contributed by atoms with Crippen molar-refractivity contribution in [2.75, 3.05) is 0 Å². The van der Waals surface area contributed by atoms with E-state index in [1.165, 1.54) is 0 Å². The molecule has 104 valence electrons. The molecule has 19 heavy (non-hydrogen) atoms. The average molecular weight is 328 g/mol. The summed E-state index contributed by atoms with van der Waals surface area (Å²) in [5.41, 5.74) is 5.40. The van der Waals surface area contributed by atoms with Crippen molar-refractivity contribution in [2.24, 2.45) is 10.9 Å². The first-order chi connectivity index (χ1) is 8.99. The molecule has 1 rings (SSSR count). The van der Waals surface area contributed by atoms with Crippen LogP contribution in [0, 0.1) is 0 Å². The molecule has 0 bridgehead atoms. The van der Waals surface area contributed by atoms with Gasteiger partial charge in [0.05, 0.1) is 0 Å². The molecule has 0 saturated heterocycles. The molecule has 1 amide bonds. The van der Waals surface area contributed by atoms with Gasteiger partial charge in [0.2, 0.25) is 0 Å². The van der Waals surface area contributed by atoms with Crippen molar-refractivity contribution in [3.05, 3.63) is 34.3 Å². The van der Waals surface area contributed by atoms with Crippen LogP contribution in [0.5, 0.6) is 0 Å². The SMILES string of the molecule is CCC(CC)(NC(=O)c1cccc(Br)c1)/C(N)=N/O. The molecule has 0 aliphatic carbocycles. The van der Waals surface area contributed by atoms with E-state index in [9.17, 15) is 4.79 Å². The number of amidine groups is 1. The number of hydrogen-bond donors (Lipinski definition) is 3. The van der Waals surface area contributed by atoms with Gasteiger partial charge in [0.15, 0.2) is 5.84 Å². The summed E-state index contributed by atoms with van der Waals surface area (Å²) in [6.45, 7) is 3.76. The number of carbonyl (C=O) groups excluding carboxylic acids is 1. The Hall–Kier alpha value is -1.56. The molecule has 0 atom stereocenters. The van der Waals surface area contributed by atoms with Gasteiger partial charge in [0.25, 0.3) is 5.91 Å². The second kappa shape index (κ2) is 6.56. The first-order valence-electron chi connectivity index (χ1n) is 6.05. The molecule has 0 heterocycles. The molecule has 0 aliphatic heterocycles. The van der Waals surface area contributed by atoms with Gasteiger partial charge in [-0.25, -0.2) is 0 Å². The highest BCUT2D eigenvalue weighted by molar-refractivity contribution is 9.10. The maximum atomic E-state index is 12.2. The third-order valence-electron chi connectivity index (χ3n) is 3.24. The van der Waals surface area contributed by atoms with Crippen molar-refractivity contribution in [2.45, 2.75) is 32.2 Å². The Kier molecular flexibility index (Phi) is 5.35. The van der Waals surface area contributed by atoms with Crippen LogP contribution in [0.3, 0.4) is 0 Å². The van der Waals surface area contributed by atoms with Crippen molar-refractivity contribution in [1.29, 1.82) is 0 Å². The Morgan fingerprint density at radius 1 is 1.47 bits per heavy atom. The Morgan fingerprint density at radius 2 is 2.11 bits per heavy atom. The second-order valence-electron chi connectivity index (χ2n) is 4.24. The van der Waals surface area contributed by atoms with Crippen molar-refractivity contribution in [3.63, 3.8) is 0 Å². The molecule has 0 saturated carbocycles. The van der Waals surface area contributed by atoms with E-state index >= 15 is 0 Å². The first kappa shape index (κ1) is 15.5. The van der Waals surface area contributed by atoms with Crippen molar-refractivity contribution >= 4 is 27.7 Å². The fourth-order valence-electron chi connectivity index (χ4n) is 1.87. The number of benzene rings is 1. The van der Waals surface area contributed by atoms with Gasteiger partial charge in [-0.15, -0.1) is 0 Å². The quantitative estimate of drug-likeness (QED) is 0.336. The normalized spacial score (nSPS) is 12.3. The Bertz CT molecular complexity index is 485. The number of nitrogens with two attached hydrogens (primary N) is 1. The molecular formula is C13H18BrN3O2. The summed E-state index contributed by atoms with van der Waals surface area (Å²) in [6, 6.07) is 7.05. The molecule has 1 aromatic carbocycles. The highest BCUT2D eigenvalue weighted by atomic mass is 79.9. The third kappa shape index (κ3) is 3.47. The summed E-state index contributed by atoms with van der Waals surface area (Å²) in [4.78, 5) is 12.2. The van der Waals surface area contributed by atoms with Gasteiger partial charge in [0.1, 0.15) is 5.54 Å². The van der Waals surface area contributed by atoms with Gasteiger partial charge in [-0.05, 0) is 31.0 Å². The third-order valence-corrected chi connectivity index (χ3v) is 3.74. The standard InChI is InChI=1S/C13H18BrN3O2/c1-3-13(4-2,12(15)17-19)16-11(18)9-6-5-7-10(14)8-9/h5-8,19H,3-4H2,1-2H3,(H2,15,17)(H,16,18). The number of nitrogens with one attached hydrogen (secondary N) is 1. The molecular weight excluding hydrogens is 310 g/mol. The van der Waals surface area contributed by atoms with E-state index in [0.717, 1.165) is 4.47 Å². The highest BCUT2D eigenvalue weighted by Crippen LogP contribution is 2.18. The molecule has 0 spiro atoms. The molecule has 4 N–H and O–H groups in total. The average Bonchev–Trinajstić information content (AvgIpc) is 2.43. The number of oxime groups is 1. The summed E-state index contributed by atoms with van der Waals surface area (Å²) in [6.07, 6.45) is 1.08. The monoisotopic (exact) mass is 327 g/mol. The van der Waals surface area contributed by atoms with E-state index in [-0.39, 0.29) is 11.7 Å². The van der Waals surface area contributed by atoms with Gasteiger partial charge in [-0.1, -0.05) is 41.0 Å². The van der Waals surface area contributed by atoms with Gasteiger partial charge >= 0.3 is 0 Å². The molecule has 0 aromatic heterocycles. The number of rotatable bonds is 5. The summed E-state index contributed by atoms with van der Waals surface area (Å²) in [5.74, 6) is -0.238. The highest BCUT2D eigenvalue weighted by Gasteiger charge is 2.33. The van der Waals surface area contributed by atoms with E-state index in [1.807, 2.05) is 19.9 Å². The molecule has 6 heteroatoms. The summed E-state index contributed by atoms with van der Waals surface area (Å²) in [5, 5.41) is 14.8. The minimum absolute atomic E-state index is 0.0147. The molecule has 5 nitrogen and oxygen atoms in total. The van der Waals surface area contributed by atoms with Crippen LogP contribution < -0.4 is 11.1 Å². The van der Waals surface area contributed by atoms with Crippen LogP contribution in [-0.4, -0.2) is 22.5 Å². The van der Waals surface area contributed by atoms with Crippen LogP contribution in [-0.2, 0) is 0 Å². The lowest BCUT2D eigenvalue weighted by molar-refractivity contribution is 0.0917. The molecule has 0 radical (unpaired) electrons. The fraction of sp³-hybridized carbons (Fsp3) is 0.385. The van der Waals surface area contributed by atoms with E-state index in [2.05, 4.69) is 26.4 Å². The summed E-state index contributed by atoms with van der Waals surface area (Å²) < 4.78 is 0.822. The van der Waals surface area contributed by atoms with Crippen LogP contribution in [0.2, 0.25) is 0 Å². The van der Waals surface area contributed by atoms with Crippen LogP contribution in [0.25, 0.3) is 0 Å². The van der Waals surface area contributed by atoms with E-state index < -0.39 is 5.54 Å². The molecule has 1 aromatic rings. The Labute approximate surface area is 121 Å². The number of halogens is 1. The molecule has 0 unspecified atom stereocenters. The minimum Gasteiger partial charge on any atom is -0.409 e. The van der Waals surface area contributed by atoms with Gasteiger partial charge < -0.3 is 16.3 Å². The van der Waals surface area contributed by atoms with Crippen LogP contribution in [0.1, 0.15) is 37.0 Å². The van der Waals surface area contributed by atoms with Crippen LogP contribution in [0.4, 0.5) is 0 Å². The lowest BCUT2D eigenvalue weighted by atomic mass is 9.91. The smallest absolute Gasteiger partial charge is 0.252 e. The predicted octanol–water partition coefficient (Wildman–Crippen LogP) is 2.48. The first-order valence-corrected chi connectivity index (χ1v) is 6.84. The topological polar surface area (TPSA) is 87.7 Å². The minimum atomic E-state index is -0.825. The maximum absolute atomic E-state index is 12.2. The fourth-order valence-corrected chi connectivity index (χ4v) is 2.27. The number of carbonyl (C=O) groups is 1. The second-order valence-corrected chi connectivity index (χ2v) is 5.15. The number of nitrogens with zero attached hydrogens (tertiary/aromatic N) is 1. The lowest BCUT2D eigenvalue weighted by Crippen LogP contribution is -2.56. The number of hydrogen-bond acceptors (Lipinski definition) is 3. The Morgan fingerprint density at radius 3 is 2.58 bits per heavy atom. The summed E-state index contributed by atoms with van der Waals surface area (Å²) in [7, 11) is 0. The van der Waals surface area contributed by atoms with E-state index in [4.69, 9.17) is 10.9 Å².